The van der Waals surface area contributed by atoms with Gasteiger partial charge in [-0.25, -0.2) is 0 Å². The molecule has 1 heterocycles. The first-order chi connectivity index (χ1) is 8.27. The monoisotopic (exact) mass is 232 g/mol. The van der Waals surface area contributed by atoms with Gasteiger partial charge in [0, 0.05) is 24.4 Å². The molecule has 0 amide bonds. The van der Waals surface area contributed by atoms with Crippen LogP contribution in [0.3, 0.4) is 0 Å². The molecule has 1 saturated carbocycles. The lowest BCUT2D eigenvalue weighted by molar-refractivity contribution is 0.547. The van der Waals surface area contributed by atoms with Crippen LogP contribution in [0.1, 0.15) is 44.2 Å². The summed E-state index contributed by atoms with van der Waals surface area (Å²) in [6.07, 6.45) is 8.75. The molecule has 0 radical (unpaired) electrons. The van der Waals surface area contributed by atoms with E-state index in [9.17, 15) is 0 Å². The van der Waals surface area contributed by atoms with Crippen molar-refractivity contribution in [1.29, 1.82) is 0 Å². The van der Waals surface area contributed by atoms with Crippen LogP contribution in [-0.4, -0.2) is 17.2 Å². The zero-order chi connectivity index (χ0) is 12.1. The molecule has 1 aliphatic rings. The summed E-state index contributed by atoms with van der Waals surface area (Å²) in [5, 5.41) is 4.30. The number of nitrogens with zero attached hydrogens (tertiary/aromatic N) is 2. The molecule has 4 heteroatoms. The maximum atomic E-state index is 5.87. The van der Waals surface area contributed by atoms with Crippen LogP contribution in [0.2, 0.25) is 0 Å². The van der Waals surface area contributed by atoms with E-state index in [1.165, 1.54) is 25.7 Å². The summed E-state index contributed by atoms with van der Waals surface area (Å²) in [6.45, 7) is 2.05. The molecule has 1 aromatic rings. The van der Waals surface area contributed by atoms with Gasteiger partial charge in [0.1, 0.15) is 0 Å². The van der Waals surface area contributed by atoms with E-state index in [1.54, 1.807) is 6.20 Å². The van der Waals surface area contributed by atoms with Gasteiger partial charge < -0.3 is 11.2 Å². The van der Waals surface area contributed by atoms with Crippen LogP contribution < -0.4 is 11.2 Å². The van der Waals surface area contributed by atoms with E-state index in [2.05, 4.69) is 22.4 Å². The minimum absolute atomic E-state index is 0.144. The first kappa shape index (κ1) is 11.9. The van der Waals surface area contributed by atoms with Crippen LogP contribution in [0, 0.1) is 0 Å². The molecule has 4 nitrogen and oxygen atoms in total. The molecule has 3 N–H and O–H groups in total. The van der Waals surface area contributed by atoms with Gasteiger partial charge in [0.25, 0.3) is 0 Å². The number of hydrazone groups is 1. The van der Waals surface area contributed by atoms with Crippen molar-refractivity contribution in [3.05, 3.63) is 24.0 Å². The van der Waals surface area contributed by atoms with Crippen molar-refractivity contribution in [2.75, 3.05) is 5.73 Å². The normalized spacial score (nSPS) is 18.6. The van der Waals surface area contributed by atoms with Gasteiger partial charge in [0.05, 0.1) is 11.4 Å². The molecule has 1 aromatic heterocycles. The van der Waals surface area contributed by atoms with Crippen molar-refractivity contribution in [1.82, 2.24) is 10.4 Å². The summed E-state index contributed by atoms with van der Waals surface area (Å²) in [6, 6.07) is 4.27. The highest BCUT2D eigenvalue weighted by Crippen LogP contribution is 2.18. The second-order valence-electron chi connectivity index (χ2n) is 4.66. The fraction of sp³-hybridized carbons (Fsp3) is 0.538. The van der Waals surface area contributed by atoms with E-state index in [1.807, 2.05) is 18.3 Å². The van der Waals surface area contributed by atoms with Crippen LogP contribution in [0.15, 0.2) is 23.4 Å². The SMILES string of the molecule is CC(C=NNC1CCCC1)c1ncccc1N. The topological polar surface area (TPSA) is 63.3 Å². The quantitative estimate of drug-likeness (QED) is 0.618. The highest BCUT2D eigenvalue weighted by molar-refractivity contribution is 5.69. The van der Waals surface area contributed by atoms with Gasteiger partial charge in [-0.3, -0.25) is 4.98 Å². The number of pyridine rings is 1. The van der Waals surface area contributed by atoms with Gasteiger partial charge in [-0.15, -0.1) is 0 Å². The third kappa shape index (κ3) is 3.19. The first-order valence-corrected chi connectivity index (χ1v) is 6.26. The number of rotatable bonds is 4. The molecule has 2 rings (SSSR count). The van der Waals surface area contributed by atoms with Gasteiger partial charge >= 0.3 is 0 Å². The molecule has 1 unspecified atom stereocenters. The van der Waals surface area contributed by atoms with E-state index in [4.69, 9.17) is 5.73 Å². The molecular weight excluding hydrogens is 212 g/mol. The van der Waals surface area contributed by atoms with E-state index in [-0.39, 0.29) is 5.92 Å². The van der Waals surface area contributed by atoms with Gasteiger partial charge in [-0.05, 0) is 25.0 Å². The summed E-state index contributed by atoms with van der Waals surface area (Å²) in [5.41, 5.74) is 10.7. The van der Waals surface area contributed by atoms with Crippen LogP contribution in [0.5, 0.6) is 0 Å². The first-order valence-electron chi connectivity index (χ1n) is 6.26. The molecule has 0 aromatic carbocycles. The maximum Gasteiger partial charge on any atom is 0.0714 e. The Morgan fingerprint density at radius 1 is 1.53 bits per heavy atom. The van der Waals surface area contributed by atoms with E-state index in [0.29, 0.717) is 6.04 Å². The van der Waals surface area contributed by atoms with E-state index in [0.717, 1.165) is 11.4 Å². The molecule has 0 saturated heterocycles. The summed E-state index contributed by atoms with van der Waals surface area (Å²) in [4.78, 5) is 4.28. The Hall–Kier alpha value is -1.58. The minimum atomic E-state index is 0.144. The van der Waals surface area contributed by atoms with Crippen molar-refractivity contribution < 1.29 is 0 Å². The Bertz CT molecular complexity index is 383. The van der Waals surface area contributed by atoms with Crippen LogP contribution in [0.25, 0.3) is 0 Å². The molecule has 1 aliphatic carbocycles. The molecular formula is C13H20N4. The lowest BCUT2D eigenvalue weighted by Crippen LogP contribution is -2.20. The smallest absolute Gasteiger partial charge is 0.0714 e. The van der Waals surface area contributed by atoms with Crippen molar-refractivity contribution in [3.8, 4) is 0 Å². The number of nitrogens with two attached hydrogens (primary N) is 1. The van der Waals surface area contributed by atoms with Gasteiger partial charge in [-0.1, -0.05) is 19.8 Å². The molecule has 17 heavy (non-hydrogen) atoms. The lowest BCUT2D eigenvalue weighted by Gasteiger charge is -2.10. The molecule has 92 valence electrons. The number of hydrogen-bond acceptors (Lipinski definition) is 4. The average Bonchev–Trinajstić information content (AvgIpc) is 2.82. The Balaban J connectivity index is 1.89. The second kappa shape index (κ2) is 5.66. The Kier molecular flexibility index (Phi) is 3.96. The average molecular weight is 232 g/mol. The number of nitrogens with one attached hydrogen (secondary N) is 1. The highest BCUT2D eigenvalue weighted by atomic mass is 15.3. The van der Waals surface area contributed by atoms with Gasteiger partial charge in [0.2, 0.25) is 0 Å². The molecule has 1 fully saturated rings. The largest absolute Gasteiger partial charge is 0.397 e. The molecule has 0 aliphatic heterocycles. The second-order valence-corrected chi connectivity index (χ2v) is 4.66. The number of hydrogen-bond donors (Lipinski definition) is 2. The zero-order valence-electron chi connectivity index (χ0n) is 10.3. The van der Waals surface area contributed by atoms with Crippen molar-refractivity contribution in [2.24, 2.45) is 5.10 Å². The number of nitrogen functional groups attached to an aromatic ring is 1. The number of anilines is 1. The fourth-order valence-corrected chi connectivity index (χ4v) is 2.20. The number of aromatic nitrogens is 1. The molecule has 0 bridgehead atoms. The predicted molar refractivity (Wildman–Crippen MR) is 70.9 cm³/mol. The highest BCUT2D eigenvalue weighted by Gasteiger charge is 2.13. The van der Waals surface area contributed by atoms with Gasteiger partial charge in [0.15, 0.2) is 0 Å². The van der Waals surface area contributed by atoms with Crippen molar-refractivity contribution >= 4 is 11.9 Å². The Morgan fingerprint density at radius 2 is 2.29 bits per heavy atom. The van der Waals surface area contributed by atoms with Crippen molar-refractivity contribution in [3.63, 3.8) is 0 Å². The zero-order valence-corrected chi connectivity index (χ0v) is 10.3. The molecule has 1 atom stereocenters. The lowest BCUT2D eigenvalue weighted by atomic mass is 10.1. The third-order valence-electron chi connectivity index (χ3n) is 3.21. The van der Waals surface area contributed by atoms with E-state index < -0.39 is 0 Å². The minimum Gasteiger partial charge on any atom is -0.397 e. The third-order valence-corrected chi connectivity index (χ3v) is 3.21. The maximum absolute atomic E-state index is 5.87. The van der Waals surface area contributed by atoms with Crippen LogP contribution in [-0.2, 0) is 0 Å². The predicted octanol–water partition coefficient (Wildman–Crippen LogP) is 2.29. The molecule has 0 spiro atoms. The summed E-state index contributed by atoms with van der Waals surface area (Å²) >= 11 is 0. The Morgan fingerprint density at radius 3 is 3.00 bits per heavy atom. The summed E-state index contributed by atoms with van der Waals surface area (Å²) in [7, 11) is 0. The fourth-order valence-electron chi connectivity index (χ4n) is 2.20. The van der Waals surface area contributed by atoms with Crippen LogP contribution >= 0.6 is 0 Å². The van der Waals surface area contributed by atoms with Gasteiger partial charge in [-0.2, -0.15) is 5.10 Å². The Labute approximate surface area is 102 Å². The van der Waals surface area contributed by atoms with E-state index >= 15 is 0 Å². The van der Waals surface area contributed by atoms with Crippen LogP contribution in [0.4, 0.5) is 5.69 Å². The standard InChI is InChI=1S/C13H20N4/c1-10(13-12(14)7-4-8-15-13)9-16-17-11-5-2-3-6-11/h4,7-11,17H,2-3,5-6,14H2,1H3. The summed E-state index contributed by atoms with van der Waals surface area (Å²) in [5.74, 6) is 0.144. The summed E-state index contributed by atoms with van der Waals surface area (Å²) < 4.78 is 0. The van der Waals surface area contributed by atoms with Crippen molar-refractivity contribution in [2.45, 2.75) is 44.6 Å².